The van der Waals surface area contributed by atoms with E-state index in [0.717, 1.165) is 35.3 Å². The highest BCUT2D eigenvalue weighted by Gasteiger charge is 2.34. The second-order valence-electron chi connectivity index (χ2n) is 12.1. The minimum absolute atomic E-state index is 0.0268. The number of phenols is 1. The number of nitrogens with one attached hydrogen (secondary N) is 5. The fourth-order valence-corrected chi connectivity index (χ4v) is 8.70. The quantitative estimate of drug-likeness (QED) is 0.0340. The minimum atomic E-state index is -1.47. The number of rotatable bonds is 25. The molecule has 26 heteroatoms. The number of benzene rings is 1. The van der Waals surface area contributed by atoms with E-state index in [2.05, 4.69) is 26.6 Å². The Balaban J connectivity index is 2.60. The number of fused-ring (bicyclic) bond motifs is 1. The Morgan fingerprint density at radius 2 is 1.21 bits per heavy atom. The van der Waals surface area contributed by atoms with Gasteiger partial charge in [-0.15, -0.1) is 35.3 Å². The predicted molar refractivity (Wildman–Crippen MR) is 203 cm³/mol. The molecule has 4 amide bonds. The van der Waals surface area contributed by atoms with Gasteiger partial charge in [-0.05, 0) is 31.4 Å². The van der Waals surface area contributed by atoms with Crippen LogP contribution in [0.5, 0.6) is 5.75 Å². The third-order valence-corrected chi connectivity index (χ3v) is 11.6. The molecule has 1 aromatic carbocycles. The number of carboxylic acids is 5. The molecule has 0 saturated heterocycles. The number of carboxylic acid groups (broad SMARTS) is 5. The molecule has 1 aliphatic heterocycles. The van der Waals surface area contributed by atoms with Crippen LogP contribution in [0.4, 0.5) is 5.69 Å². The summed E-state index contributed by atoms with van der Waals surface area (Å²) in [4.78, 5) is 109. The molecule has 1 aliphatic rings. The summed E-state index contributed by atoms with van der Waals surface area (Å²) in [7, 11) is 0. The molecule has 0 spiro atoms. The fraction of sp³-hybridized carbons (Fsp3) is 0.516. The van der Waals surface area contributed by atoms with Gasteiger partial charge in [-0.25, -0.2) is 4.79 Å². The van der Waals surface area contributed by atoms with Crippen LogP contribution in [-0.2, 0) is 49.6 Å². The molecule has 0 aliphatic carbocycles. The van der Waals surface area contributed by atoms with Crippen LogP contribution >= 0.6 is 35.3 Å². The van der Waals surface area contributed by atoms with Crippen molar-refractivity contribution in [3.63, 3.8) is 0 Å². The Hall–Kier alpha value is -5.02. The van der Waals surface area contributed by atoms with Gasteiger partial charge in [-0.2, -0.15) is 0 Å². The third-order valence-electron chi connectivity index (χ3n) is 7.76. The van der Waals surface area contributed by atoms with Crippen molar-refractivity contribution in [3.8, 4) is 5.75 Å². The number of thioether (sulfide) groups is 3. The van der Waals surface area contributed by atoms with Crippen molar-refractivity contribution < 1.29 is 73.8 Å². The molecule has 17 N–H and O–H groups in total. The molecule has 1 heterocycles. The molecule has 1 unspecified atom stereocenters. The smallest absolute Gasteiger partial charge is 0.327 e. The molecular weight excluding hydrogens is 821 g/mol. The van der Waals surface area contributed by atoms with Crippen LogP contribution in [0.3, 0.4) is 0 Å². The highest BCUT2D eigenvalue weighted by Crippen LogP contribution is 2.52. The van der Waals surface area contributed by atoms with Crippen molar-refractivity contribution in [2.24, 2.45) is 17.2 Å². The number of aromatic hydroxyl groups is 1. The van der Waals surface area contributed by atoms with Gasteiger partial charge in [0.15, 0.2) is 5.75 Å². The molecule has 23 nitrogen and oxygen atoms in total. The lowest BCUT2D eigenvalue weighted by Gasteiger charge is -2.30. The van der Waals surface area contributed by atoms with E-state index in [4.69, 9.17) is 37.6 Å². The predicted octanol–water partition coefficient (Wildman–Crippen LogP) is -3.20. The number of carbonyl (C=O) groups excluding carboxylic acids is 4. The van der Waals surface area contributed by atoms with E-state index in [1.54, 1.807) is 0 Å². The standard InChI is InChI=1S/C31H44N8O15S3/c32-6-5-12-24(55-9-15(27(47)35-7-20(42)43)37-18(40)3-1-13(33)29(49)50)23(46)22-26(57-11-17(39-22)31(53)54)25(12)56-10-16(28(48)36-8-21(44)45)38-19(41)4-2-14(34)30(51)52/h13-17,39,46H,1-11,32-34H2,(H,35,47)(H,36,48)(H,37,40)(H,38,41)(H,42,43)(H,44,45)(H,49,50)(H,51,52)(H,53,54)/t13-,14-,15-,16-,17?/m0/s1. The van der Waals surface area contributed by atoms with Crippen LogP contribution in [-0.4, -0.2) is 151 Å². The van der Waals surface area contributed by atoms with Gasteiger partial charge in [0.05, 0.1) is 10.6 Å². The summed E-state index contributed by atoms with van der Waals surface area (Å²) in [5, 5.41) is 69.6. The van der Waals surface area contributed by atoms with E-state index in [9.17, 15) is 53.4 Å². The monoisotopic (exact) mass is 864 g/mol. The van der Waals surface area contributed by atoms with E-state index in [-0.39, 0.29) is 53.6 Å². The van der Waals surface area contributed by atoms with Gasteiger partial charge in [0.25, 0.3) is 0 Å². The maximum absolute atomic E-state index is 13.1. The topological polar surface area (TPSA) is 413 Å². The summed E-state index contributed by atoms with van der Waals surface area (Å²) >= 11 is 2.78. The Kier molecular flexibility index (Phi) is 19.6. The number of phenolic OH excluding ortho intramolecular Hbond substituents is 1. The Morgan fingerprint density at radius 1 is 0.754 bits per heavy atom. The SMILES string of the molecule is NCCc1c(SC[C@H](NC(=O)CC[C@H](N)C(=O)O)C(=O)NCC(=O)O)c(O)c2c(c1SC[C@H](NC(=O)CC[C@H](N)C(=O)O)C(=O)NCC(=O)O)SCC(C(=O)O)N2. The third kappa shape index (κ3) is 15.4. The zero-order valence-corrected chi connectivity index (χ0v) is 32.4. The van der Waals surface area contributed by atoms with E-state index in [1.807, 2.05) is 0 Å². The van der Waals surface area contributed by atoms with Crippen LogP contribution in [0.25, 0.3) is 0 Å². The van der Waals surface area contributed by atoms with Gasteiger partial charge in [-0.3, -0.25) is 38.4 Å². The highest BCUT2D eigenvalue weighted by molar-refractivity contribution is 8.02. The average molecular weight is 865 g/mol. The minimum Gasteiger partial charge on any atom is -0.505 e. The first-order chi connectivity index (χ1) is 26.8. The number of carbonyl (C=O) groups is 9. The maximum Gasteiger partial charge on any atom is 0.327 e. The number of aliphatic carboxylic acids is 5. The van der Waals surface area contributed by atoms with Gasteiger partial charge in [0.2, 0.25) is 23.6 Å². The number of hydrogen-bond acceptors (Lipinski definition) is 17. The Bertz CT molecular complexity index is 1720. The molecular formula is C31H44N8O15S3. The summed E-state index contributed by atoms with van der Waals surface area (Å²) in [6, 6.07) is -6.86. The molecule has 1 aromatic rings. The summed E-state index contributed by atoms with van der Waals surface area (Å²) < 4.78 is 0. The van der Waals surface area contributed by atoms with Crippen LogP contribution < -0.4 is 43.8 Å². The first kappa shape index (κ1) is 48.1. The fourth-order valence-electron chi connectivity index (χ4n) is 4.81. The molecule has 5 atom stereocenters. The maximum atomic E-state index is 13.1. The van der Waals surface area contributed by atoms with Crippen LogP contribution in [0.15, 0.2) is 14.7 Å². The lowest BCUT2D eigenvalue weighted by atomic mass is 10.1. The second-order valence-corrected chi connectivity index (χ2v) is 15.2. The first-order valence-corrected chi connectivity index (χ1v) is 19.8. The second kappa shape index (κ2) is 23.3. The van der Waals surface area contributed by atoms with Crippen molar-refractivity contribution in [1.29, 1.82) is 0 Å². The number of anilines is 1. The molecule has 0 radical (unpaired) electrons. The summed E-state index contributed by atoms with van der Waals surface area (Å²) in [5.41, 5.74) is 17.2. The van der Waals surface area contributed by atoms with Gasteiger partial charge in [0.1, 0.15) is 43.3 Å². The molecule has 0 saturated carbocycles. The van der Waals surface area contributed by atoms with E-state index in [1.165, 1.54) is 0 Å². The number of amides is 4. The Morgan fingerprint density at radius 3 is 1.61 bits per heavy atom. The zero-order chi connectivity index (χ0) is 43.0. The molecule has 57 heavy (non-hydrogen) atoms. The lowest BCUT2D eigenvalue weighted by Crippen LogP contribution is -2.49. The summed E-state index contributed by atoms with van der Waals surface area (Å²) in [6.45, 7) is -1.68. The first-order valence-electron chi connectivity index (χ1n) is 16.8. The largest absolute Gasteiger partial charge is 0.505 e. The van der Waals surface area contributed by atoms with Crippen molar-refractivity contribution in [1.82, 2.24) is 21.3 Å². The van der Waals surface area contributed by atoms with Crippen molar-refractivity contribution in [3.05, 3.63) is 5.56 Å². The van der Waals surface area contributed by atoms with Crippen molar-refractivity contribution in [2.75, 3.05) is 42.2 Å². The summed E-state index contributed by atoms with van der Waals surface area (Å²) in [6.07, 6.45) is -1.40. The van der Waals surface area contributed by atoms with Gasteiger partial charge >= 0.3 is 29.8 Å². The van der Waals surface area contributed by atoms with Gasteiger partial charge in [-0.1, -0.05) is 0 Å². The zero-order valence-electron chi connectivity index (χ0n) is 30.0. The van der Waals surface area contributed by atoms with E-state index >= 15 is 0 Å². The molecule has 0 bridgehead atoms. The van der Waals surface area contributed by atoms with Gasteiger partial charge < -0.3 is 74.4 Å². The molecule has 0 fully saturated rings. The highest BCUT2D eigenvalue weighted by atomic mass is 32.2. The van der Waals surface area contributed by atoms with Crippen molar-refractivity contribution >= 4 is 94.4 Å². The average Bonchev–Trinajstić information content (AvgIpc) is 3.15. The lowest BCUT2D eigenvalue weighted by molar-refractivity contribution is -0.140. The van der Waals surface area contributed by atoms with Crippen molar-refractivity contribution in [2.45, 2.75) is 77.0 Å². The molecule has 0 aromatic heterocycles. The Labute approximate surface area is 336 Å². The normalized spacial score (nSPS) is 15.3. The summed E-state index contributed by atoms with van der Waals surface area (Å²) in [5.74, 6) is -11.4. The molecule has 2 rings (SSSR count). The van der Waals surface area contributed by atoms with E-state index < -0.39 is 115 Å². The molecule has 316 valence electrons. The number of nitrogens with two attached hydrogens (primary N) is 3. The van der Waals surface area contributed by atoms with Gasteiger partial charge in [0, 0.05) is 39.9 Å². The van der Waals surface area contributed by atoms with Crippen LogP contribution in [0.2, 0.25) is 0 Å². The number of hydrogen-bond donors (Lipinski definition) is 14. The van der Waals surface area contributed by atoms with Crippen LogP contribution in [0.1, 0.15) is 31.2 Å². The van der Waals surface area contributed by atoms with E-state index in [0.29, 0.717) is 15.4 Å². The van der Waals surface area contributed by atoms with Crippen LogP contribution in [0, 0.1) is 0 Å².